The van der Waals surface area contributed by atoms with Crippen LogP contribution in [0.25, 0.3) is 10.9 Å². The second kappa shape index (κ2) is 11.3. The SMILES string of the molecule is COc1ccccc1NC(=O)N1CCN(C(=O)c2ccc(NS(=O)c3cccc4cccnc34)cc2)CC1. The summed E-state index contributed by atoms with van der Waals surface area (Å²) in [5, 5.41) is 3.79. The van der Waals surface area contributed by atoms with E-state index in [0.717, 1.165) is 5.39 Å². The van der Waals surface area contributed by atoms with Gasteiger partial charge in [0.25, 0.3) is 5.91 Å². The van der Waals surface area contributed by atoms with E-state index in [1.165, 1.54) is 0 Å². The maximum Gasteiger partial charge on any atom is 0.322 e. The molecule has 2 heterocycles. The number of fused-ring (bicyclic) bond motifs is 1. The van der Waals surface area contributed by atoms with Gasteiger partial charge in [0, 0.05) is 49.0 Å². The van der Waals surface area contributed by atoms with E-state index in [-0.39, 0.29) is 11.9 Å². The number of pyridine rings is 1. The predicted octanol–water partition coefficient (Wildman–Crippen LogP) is 4.37. The van der Waals surface area contributed by atoms with Crippen molar-refractivity contribution >= 4 is 45.2 Å². The van der Waals surface area contributed by atoms with E-state index in [4.69, 9.17) is 4.74 Å². The standard InChI is InChI=1S/C28H27N5O4S/c1-37-24-9-3-2-8-23(24)30-28(35)33-18-16-32(17-19-33)27(34)21-11-13-22(14-12-21)31-38(36)25-10-4-6-20-7-5-15-29-26(20)25/h2-15,31H,16-19H2,1H3,(H,30,35). The fourth-order valence-electron chi connectivity index (χ4n) is 4.31. The highest BCUT2D eigenvalue weighted by Gasteiger charge is 2.25. The molecule has 5 rings (SSSR count). The molecule has 2 N–H and O–H groups in total. The highest BCUT2D eigenvalue weighted by molar-refractivity contribution is 7.86. The van der Waals surface area contributed by atoms with Crippen LogP contribution in [0.3, 0.4) is 0 Å². The van der Waals surface area contributed by atoms with Crippen molar-refractivity contribution < 1.29 is 18.5 Å². The Morgan fingerprint density at radius 1 is 0.868 bits per heavy atom. The first kappa shape index (κ1) is 25.2. The number of carbonyl (C=O) groups excluding carboxylic acids is 2. The summed E-state index contributed by atoms with van der Waals surface area (Å²) in [6, 6.07) is 23.2. The third kappa shape index (κ3) is 5.45. The molecule has 1 atom stereocenters. The van der Waals surface area contributed by atoms with Gasteiger partial charge in [-0.25, -0.2) is 9.00 Å². The van der Waals surface area contributed by atoms with Crippen LogP contribution in [-0.4, -0.2) is 64.2 Å². The minimum atomic E-state index is -1.52. The van der Waals surface area contributed by atoms with Gasteiger partial charge in [-0.05, 0) is 48.5 Å². The lowest BCUT2D eigenvalue weighted by Gasteiger charge is -2.34. The molecule has 10 heteroatoms. The van der Waals surface area contributed by atoms with Gasteiger partial charge >= 0.3 is 6.03 Å². The number of hydrogen-bond acceptors (Lipinski definition) is 5. The molecule has 1 unspecified atom stereocenters. The normalized spacial score (nSPS) is 14.1. The average molecular weight is 530 g/mol. The number of ether oxygens (including phenoxy) is 1. The van der Waals surface area contributed by atoms with Gasteiger partial charge in [-0.15, -0.1) is 0 Å². The molecule has 9 nitrogen and oxygen atoms in total. The number of benzene rings is 3. The molecule has 0 bridgehead atoms. The van der Waals surface area contributed by atoms with Gasteiger partial charge < -0.3 is 24.6 Å². The molecule has 0 spiro atoms. The number of amides is 3. The van der Waals surface area contributed by atoms with Crippen LogP contribution in [0, 0.1) is 0 Å². The van der Waals surface area contributed by atoms with E-state index >= 15 is 0 Å². The number of aromatic nitrogens is 1. The first-order chi connectivity index (χ1) is 18.5. The molecule has 0 radical (unpaired) electrons. The van der Waals surface area contributed by atoms with Crippen LogP contribution in [0.15, 0.2) is 90.0 Å². The molecule has 1 aliphatic heterocycles. The molecule has 1 aliphatic rings. The van der Waals surface area contributed by atoms with Crippen molar-refractivity contribution in [2.24, 2.45) is 0 Å². The molecule has 0 saturated carbocycles. The number of piperazine rings is 1. The molecule has 1 fully saturated rings. The Morgan fingerprint density at radius 2 is 1.58 bits per heavy atom. The zero-order chi connectivity index (χ0) is 26.5. The zero-order valence-corrected chi connectivity index (χ0v) is 21.6. The van der Waals surface area contributed by atoms with Crippen LogP contribution >= 0.6 is 0 Å². The predicted molar refractivity (Wildman–Crippen MR) is 148 cm³/mol. The zero-order valence-electron chi connectivity index (χ0n) is 20.8. The van der Waals surface area contributed by atoms with Gasteiger partial charge in [-0.1, -0.05) is 30.3 Å². The summed E-state index contributed by atoms with van der Waals surface area (Å²) < 4.78 is 21.3. The number of para-hydroxylation sites is 3. The average Bonchev–Trinajstić information content (AvgIpc) is 2.97. The third-order valence-corrected chi connectivity index (χ3v) is 7.49. The Kier molecular flexibility index (Phi) is 7.50. The molecular formula is C28H27N5O4S. The Labute approximate surface area is 223 Å². The first-order valence-electron chi connectivity index (χ1n) is 12.1. The van der Waals surface area contributed by atoms with Crippen LogP contribution < -0.4 is 14.8 Å². The second-order valence-electron chi connectivity index (χ2n) is 8.69. The largest absolute Gasteiger partial charge is 0.495 e. The van der Waals surface area contributed by atoms with E-state index in [2.05, 4.69) is 15.0 Å². The van der Waals surface area contributed by atoms with Gasteiger partial charge in [-0.3, -0.25) is 9.78 Å². The van der Waals surface area contributed by atoms with Crippen molar-refractivity contribution in [1.29, 1.82) is 0 Å². The van der Waals surface area contributed by atoms with Gasteiger partial charge in [0.15, 0.2) is 11.0 Å². The second-order valence-corrected chi connectivity index (χ2v) is 9.87. The highest BCUT2D eigenvalue weighted by atomic mass is 32.2. The van der Waals surface area contributed by atoms with Crippen molar-refractivity contribution in [1.82, 2.24) is 14.8 Å². The molecule has 1 saturated heterocycles. The molecule has 0 aliphatic carbocycles. The number of hydrogen-bond donors (Lipinski definition) is 2. The smallest absolute Gasteiger partial charge is 0.322 e. The lowest BCUT2D eigenvalue weighted by Crippen LogP contribution is -2.51. The Hall–Kier alpha value is -4.44. The van der Waals surface area contributed by atoms with E-state index < -0.39 is 11.0 Å². The van der Waals surface area contributed by atoms with Gasteiger partial charge in [0.05, 0.1) is 23.2 Å². The van der Waals surface area contributed by atoms with E-state index in [0.29, 0.717) is 59.3 Å². The molecule has 4 aromatic rings. The lowest BCUT2D eigenvalue weighted by atomic mass is 10.1. The lowest BCUT2D eigenvalue weighted by molar-refractivity contribution is 0.0671. The summed E-state index contributed by atoms with van der Waals surface area (Å²) in [7, 11) is 0.0401. The Morgan fingerprint density at radius 3 is 2.34 bits per heavy atom. The summed E-state index contributed by atoms with van der Waals surface area (Å²) in [6.07, 6.45) is 1.68. The molecule has 1 aromatic heterocycles. The van der Waals surface area contributed by atoms with E-state index in [1.807, 2.05) is 36.4 Å². The number of anilines is 2. The molecule has 3 aromatic carbocycles. The van der Waals surface area contributed by atoms with E-state index in [1.54, 1.807) is 65.6 Å². The molecule has 38 heavy (non-hydrogen) atoms. The third-order valence-electron chi connectivity index (χ3n) is 6.34. The Balaban J connectivity index is 1.17. The fourth-order valence-corrected chi connectivity index (χ4v) is 5.31. The van der Waals surface area contributed by atoms with Crippen molar-refractivity contribution in [3.8, 4) is 5.75 Å². The molecule has 194 valence electrons. The summed E-state index contributed by atoms with van der Waals surface area (Å²) in [5.41, 5.74) is 2.44. The summed E-state index contributed by atoms with van der Waals surface area (Å²) in [4.78, 5) is 34.1. The quantitative estimate of drug-likeness (QED) is 0.386. The molecular weight excluding hydrogens is 502 g/mol. The highest BCUT2D eigenvalue weighted by Crippen LogP contribution is 2.24. The van der Waals surface area contributed by atoms with E-state index in [9.17, 15) is 13.8 Å². The van der Waals surface area contributed by atoms with Gasteiger partial charge in [0.1, 0.15) is 5.75 Å². The number of nitrogens with one attached hydrogen (secondary N) is 2. The summed E-state index contributed by atoms with van der Waals surface area (Å²) >= 11 is 0. The number of urea groups is 1. The van der Waals surface area contributed by atoms with Crippen LogP contribution in [0.1, 0.15) is 10.4 Å². The van der Waals surface area contributed by atoms with Gasteiger partial charge in [0.2, 0.25) is 0 Å². The van der Waals surface area contributed by atoms with Crippen LogP contribution in [0.2, 0.25) is 0 Å². The minimum Gasteiger partial charge on any atom is -0.495 e. The number of rotatable bonds is 6. The monoisotopic (exact) mass is 529 g/mol. The first-order valence-corrected chi connectivity index (χ1v) is 13.3. The van der Waals surface area contributed by atoms with Crippen molar-refractivity contribution in [2.75, 3.05) is 43.3 Å². The van der Waals surface area contributed by atoms with Crippen LogP contribution in [-0.2, 0) is 11.0 Å². The van der Waals surface area contributed by atoms with Crippen LogP contribution in [0.5, 0.6) is 5.75 Å². The topological polar surface area (TPSA) is 104 Å². The maximum absolute atomic E-state index is 13.1. The molecule has 3 amide bonds. The van der Waals surface area contributed by atoms with Crippen LogP contribution in [0.4, 0.5) is 16.2 Å². The summed E-state index contributed by atoms with van der Waals surface area (Å²) in [6.45, 7) is 1.70. The van der Waals surface area contributed by atoms with Crippen molar-refractivity contribution in [2.45, 2.75) is 4.90 Å². The van der Waals surface area contributed by atoms with Gasteiger partial charge in [-0.2, -0.15) is 0 Å². The summed E-state index contributed by atoms with van der Waals surface area (Å²) in [5.74, 6) is 0.478. The number of methoxy groups -OCH3 is 1. The Bertz CT molecular complexity index is 1480. The van der Waals surface area contributed by atoms with Crippen molar-refractivity contribution in [3.05, 3.63) is 90.6 Å². The number of carbonyl (C=O) groups is 2. The van der Waals surface area contributed by atoms with Crippen molar-refractivity contribution in [3.63, 3.8) is 0 Å². The maximum atomic E-state index is 13.1. The minimum absolute atomic E-state index is 0.110. The fraction of sp³-hybridized carbons (Fsp3) is 0.179. The number of nitrogens with zero attached hydrogens (tertiary/aromatic N) is 3.